The molecule has 0 amide bonds. The average molecular weight is 920 g/mol. The van der Waals surface area contributed by atoms with E-state index in [0.29, 0.717) is 19.3 Å². The molecule has 0 spiro atoms. The fraction of sp³-hybridized carbons (Fsp3) is 0.949. The van der Waals surface area contributed by atoms with Crippen LogP contribution in [0.5, 0.6) is 0 Å². The Hall–Kier alpha value is -1.59. The molecule has 0 bridgehead atoms. The van der Waals surface area contributed by atoms with Gasteiger partial charge in [0.15, 0.2) is 6.10 Å². The number of hydrogen-bond acceptors (Lipinski definition) is 6. The molecule has 0 aliphatic rings. The van der Waals surface area contributed by atoms with E-state index in [1.165, 1.54) is 218 Å². The summed E-state index contributed by atoms with van der Waals surface area (Å²) in [6.07, 6.45) is 55.1. The topological polar surface area (TPSA) is 78.9 Å². The molecule has 0 saturated carbocycles. The Kier molecular flexibility index (Phi) is 50.5. The third-order valence-corrected chi connectivity index (χ3v) is 13.8. The highest BCUT2D eigenvalue weighted by Gasteiger charge is 2.19. The first kappa shape index (κ1) is 63.4. The summed E-state index contributed by atoms with van der Waals surface area (Å²) in [6, 6.07) is 0. The number of carbonyl (C=O) groups is 3. The standard InChI is InChI=1S/C59H114O6/c1-6-8-9-10-11-12-13-14-20-23-29-34-39-44-49-57(60)63-52-56(53-64-58(61)50-45-40-35-30-26-25-28-33-38-43-48-55(5)7-2)65-59(62)51-46-41-36-31-24-21-18-16-15-17-19-22-27-32-37-42-47-54(3)4/h54-56H,6-53H2,1-5H3/t55?,56-/m1/s1. The molecule has 2 atom stereocenters. The van der Waals surface area contributed by atoms with Crippen molar-refractivity contribution in [1.29, 1.82) is 0 Å². The Balaban J connectivity index is 4.29. The van der Waals surface area contributed by atoms with Crippen LogP contribution in [-0.4, -0.2) is 37.2 Å². The molecule has 1 unspecified atom stereocenters. The normalized spacial score (nSPS) is 12.5. The SMILES string of the molecule is CCCCCCCCCCCCCCCCC(=O)OC[C@H](COC(=O)CCCCCCCCCCCCC(C)CC)OC(=O)CCCCCCCCCCCCCCCCCCC(C)C. The van der Waals surface area contributed by atoms with Crippen LogP contribution in [0.15, 0.2) is 0 Å². The minimum Gasteiger partial charge on any atom is -0.462 e. The number of ether oxygens (including phenoxy) is 3. The molecule has 0 heterocycles. The number of unbranched alkanes of at least 4 members (excludes halogenated alkanes) is 37. The van der Waals surface area contributed by atoms with E-state index in [4.69, 9.17) is 14.2 Å². The van der Waals surface area contributed by atoms with Gasteiger partial charge >= 0.3 is 17.9 Å². The van der Waals surface area contributed by atoms with Crippen molar-refractivity contribution in [2.75, 3.05) is 13.2 Å². The fourth-order valence-electron chi connectivity index (χ4n) is 9.02. The van der Waals surface area contributed by atoms with Crippen molar-refractivity contribution in [2.24, 2.45) is 11.8 Å². The van der Waals surface area contributed by atoms with Crippen molar-refractivity contribution >= 4 is 17.9 Å². The van der Waals surface area contributed by atoms with Crippen molar-refractivity contribution < 1.29 is 28.6 Å². The summed E-state index contributed by atoms with van der Waals surface area (Å²) in [5.74, 6) is 0.883. The summed E-state index contributed by atoms with van der Waals surface area (Å²) in [5, 5.41) is 0. The molecule has 0 aliphatic heterocycles. The molecule has 6 nitrogen and oxygen atoms in total. The second kappa shape index (κ2) is 51.8. The van der Waals surface area contributed by atoms with Gasteiger partial charge in [0.1, 0.15) is 13.2 Å². The largest absolute Gasteiger partial charge is 0.462 e. The molecule has 0 radical (unpaired) electrons. The van der Waals surface area contributed by atoms with E-state index in [9.17, 15) is 14.4 Å². The highest BCUT2D eigenvalue weighted by atomic mass is 16.6. The average Bonchev–Trinajstić information content (AvgIpc) is 3.29. The van der Waals surface area contributed by atoms with Crippen LogP contribution < -0.4 is 0 Å². The third kappa shape index (κ3) is 51.6. The van der Waals surface area contributed by atoms with Crippen LogP contribution in [0, 0.1) is 11.8 Å². The van der Waals surface area contributed by atoms with Crippen LogP contribution >= 0.6 is 0 Å². The van der Waals surface area contributed by atoms with E-state index in [2.05, 4.69) is 34.6 Å². The third-order valence-electron chi connectivity index (χ3n) is 13.8. The van der Waals surface area contributed by atoms with Gasteiger partial charge in [-0.2, -0.15) is 0 Å². The lowest BCUT2D eigenvalue weighted by Crippen LogP contribution is -2.30. The Morgan fingerprint density at radius 3 is 0.877 bits per heavy atom. The van der Waals surface area contributed by atoms with Gasteiger partial charge < -0.3 is 14.2 Å². The first-order valence-corrected chi connectivity index (χ1v) is 29.3. The molecule has 0 fully saturated rings. The van der Waals surface area contributed by atoms with Crippen molar-refractivity contribution in [3.8, 4) is 0 Å². The van der Waals surface area contributed by atoms with E-state index in [0.717, 1.165) is 69.6 Å². The Morgan fingerprint density at radius 1 is 0.323 bits per heavy atom. The molecular weight excluding hydrogens is 805 g/mol. The van der Waals surface area contributed by atoms with E-state index in [-0.39, 0.29) is 31.1 Å². The lowest BCUT2D eigenvalue weighted by atomic mass is 9.99. The Labute approximate surface area is 406 Å². The Morgan fingerprint density at radius 2 is 0.585 bits per heavy atom. The number of rotatable bonds is 53. The van der Waals surface area contributed by atoms with Gasteiger partial charge in [-0.1, -0.05) is 291 Å². The van der Waals surface area contributed by atoms with Crippen LogP contribution in [0.3, 0.4) is 0 Å². The van der Waals surface area contributed by atoms with Gasteiger partial charge in [-0.3, -0.25) is 14.4 Å². The monoisotopic (exact) mass is 919 g/mol. The van der Waals surface area contributed by atoms with E-state index in [1.807, 2.05) is 0 Å². The molecule has 6 heteroatoms. The van der Waals surface area contributed by atoms with E-state index >= 15 is 0 Å². The molecular formula is C59H114O6. The predicted molar refractivity (Wildman–Crippen MR) is 280 cm³/mol. The lowest BCUT2D eigenvalue weighted by Gasteiger charge is -2.18. The van der Waals surface area contributed by atoms with Gasteiger partial charge in [0, 0.05) is 19.3 Å². The number of esters is 3. The molecule has 0 aromatic heterocycles. The maximum Gasteiger partial charge on any atom is 0.306 e. The highest BCUT2D eigenvalue weighted by Crippen LogP contribution is 2.19. The zero-order chi connectivity index (χ0) is 47.5. The molecule has 0 aromatic rings. The second-order valence-electron chi connectivity index (χ2n) is 21.0. The van der Waals surface area contributed by atoms with Gasteiger partial charge in [0.05, 0.1) is 0 Å². The second-order valence-corrected chi connectivity index (χ2v) is 21.0. The van der Waals surface area contributed by atoms with Crippen LogP contribution in [0.1, 0.15) is 330 Å². The number of hydrogen-bond donors (Lipinski definition) is 0. The zero-order valence-corrected chi connectivity index (χ0v) is 44.6. The van der Waals surface area contributed by atoms with E-state index < -0.39 is 6.10 Å². The van der Waals surface area contributed by atoms with Crippen molar-refractivity contribution in [3.63, 3.8) is 0 Å². The van der Waals surface area contributed by atoms with Crippen LogP contribution in [-0.2, 0) is 28.6 Å². The quantitative estimate of drug-likeness (QED) is 0.0344. The molecule has 0 rings (SSSR count). The van der Waals surface area contributed by atoms with Crippen LogP contribution in [0.4, 0.5) is 0 Å². The summed E-state index contributed by atoms with van der Waals surface area (Å²) < 4.78 is 16.9. The van der Waals surface area contributed by atoms with Crippen molar-refractivity contribution in [2.45, 2.75) is 336 Å². The van der Waals surface area contributed by atoms with Gasteiger partial charge in [0.2, 0.25) is 0 Å². The minimum absolute atomic E-state index is 0.0626. The Bertz CT molecular complexity index is 995. The molecule has 65 heavy (non-hydrogen) atoms. The molecule has 386 valence electrons. The van der Waals surface area contributed by atoms with Gasteiger partial charge in [-0.25, -0.2) is 0 Å². The summed E-state index contributed by atoms with van der Waals surface area (Å²) in [5.41, 5.74) is 0. The molecule has 0 aliphatic carbocycles. The minimum atomic E-state index is -0.763. The smallest absolute Gasteiger partial charge is 0.306 e. The number of carbonyl (C=O) groups excluding carboxylic acids is 3. The summed E-state index contributed by atoms with van der Waals surface area (Å²) >= 11 is 0. The zero-order valence-electron chi connectivity index (χ0n) is 44.6. The lowest BCUT2D eigenvalue weighted by molar-refractivity contribution is -0.167. The van der Waals surface area contributed by atoms with Gasteiger partial charge in [0.25, 0.3) is 0 Å². The molecule has 0 saturated heterocycles. The maximum absolute atomic E-state index is 12.9. The first-order chi connectivity index (χ1) is 31.8. The summed E-state index contributed by atoms with van der Waals surface area (Å²) in [4.78, 5) is 38.1. The highest BCUT2D eigenvalue weighted by molar-refractivity contribution is 5.71. The van der Waals surface area contributed by atoms with E-state index in [1.54, 1.807) is 0 Å². The van der Waals surface area contributed by atoms with Crippen LogP contribution in [0.2, 0.25) is 0 Å². The fourth-order valence-corrected chi connectivity index (χ4v) is 9.02. The van der Waals surface area contributed by atoms with Crippen LogP contribution in [0.25, 0.3) is 0 Å². The van der Waals surface area contributed by atoms with Crippen molar-refractivity contribution in [3.05, 3.63) is 0 Å². The maximum atomic E-state index is 12.9. The first-order valence-electron chi connectivity index (χ1n) is 29.3. The summed E-state index contributed by atoms with van der Waals surface area (Å²) in [6.45, 7) is 11.4. The van der Waals surface area contributed by atoms with Crippen molar-refractivity contribution in [1.82, 2.24) is 0 Å². The molecule has 0 N–H and O–H groups in total. The van der Waals surface area contributed by atoms with Gasteiger partial charge in [-0.05, 0) is 31.1 Å². The summed E-state index contributed by atoms with van der Waals surface area (Å²) in [7, 11) is 0. The van der Waals surface area contributed by atoms with Gasteiger partial charge in [-0.15, -0.1) is 0 Å². The predicted octanol–water partition coefficient (Wildman–Crippen LogP) is 19.3. The molecule has 0 aromatic carbocycles.